The summed E-state index contributed by atoms with van der Waals surface area (Å²) in [6.45, 7) is 2.88. The van der Waals surface area contributed by atoms with Crippen LogP contribution in [0.4, 0.5) is 0 Å². The fourth-order valence-corrected chi connectivity index (χ4v) is 5.28. The van der Waals surface area contributed by atoms with Crippen molar-refractivity contribution in [1.82, 2.24) is 4.90 Å². The first-order valence-electron chi connectivity index (χ1n) is 13.7. The number of aliphatic hydroxyl groups excluding tert-OH is 1. The number of aliphatic hydroxyl groups is 1. The van der Waals surface area contributed by atoms with Gasteiger partial charge in [0.05, 0.1) is 18.8 Å². The molecular weight excluding hydrogens is 450 g/mol. The first-order chi connectivity index (χ1) is 17.5. The molecule has 1 aliphatic heterocycles. The Morgan fingerprint density at radius 1 is 1.00 bits per heavy atom. The zero-order valence-electron chi connectivity index (χ0n) is 22.0. The Labute approximate surface area is 216 Å². The second-order valence-corrected chi connectivity index (χ2v) is 10.3. The summed E-state index contributed by atoms with van der Waals surface area (Å²) in [5.74, 6) is 0.185. The maximum atomic E-state index is 12.5. The molecule has 0 aliphatic carbocycles. The van der Waals surface area contributed by atoms with Gasteiger partial charge in [-0.2, -0.15) is 0 Å². The molecule has 0 spiro atoms. The van der Waals surface area contributed by atoms with Crippen LogP contribution in [0.5, 0.6) is 0 Å². The second-order valence-electron chi connectivity index (χ2n) is 10.3. The van der Waals surface area contributed by atoms with E-state index in [-0.39, 0.29) is 29.9 Å². The average Bonchev–Trinajstić information content (AvgIpc) is 3.26. The molecule has 5 nitrogen and oxygen atoms in total. The van der Waals surface area contributed by atoms with Crippen LogP contribution in [0.3, 0.4) is 0 Å². The predicted molar refractivity (Wildman–Crippen MR) is 144 cm³/mol. The van der Waals surface area contributed by atoms with Crippen molar-refractivity contribution in [2.24, 2.45) is 5.92 Å². The third kappa shape index (κ3) is 8.77. The van der Waals surface area contributed by atoms with Gasteiger partial charge in [0.1, 0.15) is 0 Å². The fourth-order valence-electron chi connectivity index (χ4n) is 5.28. The van der Waals surface area contributed by atoms with Gasteiger partial charge in [-0.1, -0.05) is 62.2 Å². The number of carbonyl (C=O) groups is 2. The van der Waals surface area contributed by atoms with E-state index in [0.29, 0.717) is 12.0 Å². The van der Waals surface area contributed by atoms with Crippen molar-refractivity contribution in [3.05, 3.63) is 71.3 Å². The van der Waals surface area contributed by atoms with Crippen LogP contribution in [0, 0.1) is 5.92 Å². The number of rotatable bonds is 15. The zero-order chi connectivity index (χ0) is 25.8. The first-order valence-corrected chi connectivity index (χ1v) is 13.7. The largest absolute Gasteiger partial charge is 0.465 e. The maximum Gasteiger partial charge on any atom is 0.337 e. The van der Waals surface area contributed by atoms with Crippen LogP contribution in [0.25, 0.3) is 0 Å². The van der Waals surface area contributed by atoms with Crippen molar-refractivity contribution in [2.75, 3.05) is 13.7 Å². The number of esters is 1. The molecule has 1 fully saturated rings. The number of methoxy groups -OCH3 is 1. The van der Waals surface area contributed by atoms with Crippen LogP contribution in [-0.2, 0) is 22.4 Å². The smallest absolute Gasteiger partial charge is 0.337 e. The Bertz CT molecular complexity index is 945. The van der Waals surface area contributed by atoms with E-state index in [1.54, 1.807) is 6.07 Å². The quantitative estimate of drug-likeness (QED) is 0.245. The summed E-state index contributed by atoms with van der Waals surface area (Å²) in [5, 5.41) is 10.7. The summed E-state index contributed by atoms with van der Waals surface area (Å²) in [6.07, 6.45) is 10.2. The van der Waals surface area contributed by atoms with Gasteiger partial charge in [0.15, 0.2) is 0 Å². The molecule has 2 aromatic carbocycles. The summed E-state index contributed by atoms with van der Waals surface area (Å²) >= 11 is 0. The molecule has 1 N–H and O–H groups in total. The lowest BCUT2D eigenvalue weighted by molar-refractivity contribution is -0.129. The van der Waals surface area contributed by atoms with E-state index in [9.17, 15) is 14.7 Å². The van der Waals surface area contributed by atoms with Crippen molar-refractivity contribution in [3.8, 4) is 0 Å². The van der Waals surface area contributed by atoms with E-state index in [4.69, 9.17) is 4.74 Å². The van der Waals surface area contributed by atoms with Crippen LogP contribution >= 0.6 is 0 Å². The van der Waals surface area contributed by atoms with Gasteiger partial charge in [-0.3, -0.25) is 4.79 Å². The van der Waals surface area contributed by atoms with Crippen molar-refractivity contribution in [3.63, 3.8) is 0 Å². The summed E-state index contributed by atoms with van der Waals surface area (Å²) in [7, 11) is 1.39. The van der Waals surface area contributed by atoms with Gasteiger partial charge >= 0.3 is 5.97 Å². The Morgan fingerprint density at radius 2 is 1.75 bits per heavy atom. The normalized spacial score (nSPS) is 17.2. The molecule has 1 saturated heterocycles. The van der Waals surface area contributed by atoms with E-state index in [0.717, 1.165) is 63.5 Å². The lowest BCUT2D eigenvalue weighted by Crippen LogP contribution is -2.35. The van der Waals surface area contributed by atoms with E-state index >= 15 is 0 Å². The van der Waals surface area contributed by atoms with Gasteiger partial charge in [0.2, 0.25) is 5.91 Å². The maximum absolute atomic E-state index is 12.5. The Hall–Kier alpha value is -2.66. The second kappa shape index (κ2) is 14.8. The number of amides is 1. The van der Waals surface area contributed by atoms with Gasteiger partial charge in [-0.25, -0.2) is 4.79 Å². The highest BCUT2D eigenvalue weighted by Gasteiger charge is 2.31. The molecule has 1 heterocycles. The third-order valence-electron chi connectivity index (χ3n) is 7.59. The third-order valence-corrected chi connectivity index (χ3v) is 7.59. The molecule has 1 aliphatic rings. The lowest BCUT2D eigenvalue weighted by Gasteiger charge is -2.27. The number of benzene rings is 2. The molecule has 0 unspecified atom stereocenters. The van der Waals surface area contributed by atoms with Crippen LogP contribution in [0.2, 0.25) is 0 Å². The van der Waals surface area contributed by atoms with Crippen LogP contribution in [0.15, 0.2) is 54.6 Å². The number of hydrogen-bond acceptors (Lipinski definition) is 4. The summed E-state index contributed by atoms with van der Waals surface area (Å²) in [5.41, 5.74) is 3.04. The topological polar surface area (TPSA) is 66.8 Å². The van der Waals surface area contributed by atoms with Gasteiger partial charge in [-0.15, -0.1) is 0 Å². The zero-order valence-corrected chi connectivity index (χ0v) is 22.0. The highest BCUT2D eigenvalue weighted by atomic mass is 16.5. The number of carbonyl (C=O) groups excluding carboxylic acids is 2. The minimum atomic E-state index is -0.327. The molecule has 36 heavy (non-hydrogen) atoms. The highest BCUT2D eigenvalue weighted by molar-refractivity contribution is 5.89. The Kier molecular flexibility index (Phi) is 11.5. The molecule has 3 rings (SSSR count). The van der Waals surface area contributed by atoms with Crippen molar-refractivity contribution in [1.29, 1.82) is 0 Å². The average molecular weight is 494 g/mol. The number of ether oxygens (including phenoxy) is 1. The standard InChI is InChI=1S/C31H43NO4/c1-24(11-5-3-6-12-25-13-7-4-8-14-25)29(33)20-18-28-19-21-30(34)32(28)22-10-16-26-15-9-17-27(23-26)31(35)36-2/h4,7-9,13-15,17,23-24,28-29,33H,3,5-6,10-12,16,18-22H2,1-2H3/t24-,28-,29+/m0/s1. The molecule has 3 atom stereocenters. The summed E-state index contributed by atoms with van der Waals surface area (Å²) in [4.78, 5) is 26.3. The van der Waals surface area contributed by atoms with Gasteiger partial charge in [-0.05, 0) is 80.5 Å². The number of nitrogens with zero attached hydrogens (tertiary/aromatic N) is 1. The molecular formula is C31H43NO4. The van der Waals surface area contributed by atoms with E-state index in [1.165, 1.54) is 25.5 Å². The van der Waals surface area contributed by atoms with E-state index in [1.807, 2.05) is 23.1 Å². The van der Waals surface area contributed by atoms with E-state index < -0.39 is 0 Å². The molecule has 1 amide bonds. The van der Waals surface area contributed by atoms with Crippen LogP contribution in [0.1, 0.15) is 86.2 Å². The van der Waals surface area contributed by atoms with Crippen LogP contribution < -0.4 is 0 Å². The molecule has 5 heteroatoms. The first kappa shape index (κ1) is 27.9. The van der Waals surface area contributed by atoms with Crippen molar-refractivity contribution >= 4 is 11.9 Å². The number of hydrogen-bond donors (Lipinski definition) is 1. The summed E-state index contributed by atoms with van der Waals surface area (Å²) in [6, 6.07) is 18.4. The predicted octanol–water partition coefficient (Wildman–Crippen LogP) is 5.98. The molecule has 2 aromatic rings. The van der Waals surface area contributed by atoms with Crippen LogP contribution in [-0.4, -0.2) is 47.7 Å². The van der Waals surface area contributed by atoms with Crippen molar-refractivity contribution < 1.29 is 19.4 Å². The number of likely N-dealkylation sites (tertiary alicyclic amines) is 1. The van der Waals surface area contributed by atoms with Gasteiger partial charge < -0.3 is 14.7 Å². The molecule has 0 radical (unpaired) electrons. The molecule has 0 bridgehead atoms. The number of unbranched alkanes of at least 4 members (excludes halogenated alkanes) is 2. The van der Waals surface area contributed by atoms with E-state index in [2.05, 4.69) is 37.3 Å². The minimum Gasteiger partial charge on any atom is -0.465 e. The molecule has 0 saturated carbocycles. The highest BCUT2D eigenvalue weighted by Crippen LogP contribution is 2.26. The SMILES string of the molecule is COC(=O)c1cccc(CCCN2C(=O)CC[C@@H]2CC[C@@H](O)[C@@H](C)CCCCCc2ccccc2)c1. The number of aryl methyl sites for hydroxylation is 2. The lowest BCUT2D eigenvalue weighted by atomic mass is 9.92. The molecule has 196 valence electrons. The Balaban J connectivity index is 1.34. The van der Waals surface area contributed by atoms with Crippen molar-refractivity contribution in [2.45, 2.75) is 89.7 Å². The fraction of sp³-hybridized carbons (Fsp3) is 0.548. The minimum absolute atomic E-state index is 0.226. The molecule has 0 aromatic heterocycles. The monoisotopic (exact) mass is 493 g/mol. The summed E-state index contributed by atoms with van der Waals surface area (Å²) < 4.78 is 4.80. The Morgan fingerprint density at radius 3 is 2.53 bits per heavy atom. The van der Waals surface area contributed by atoms with Gasteiger partial charge in [0.25, 0.3) is 0 Å². The van der Waals surface area contributed by atoms with Gasteiger partial charge in [0, 0.05) is 19.0 Å².